The van der Waals surface area contributed by atoms with Gasteiger partial charge >= 0.3 is 5.69 Å². The molecule has 0 bridgehead atoms. The number of H-pyrrole nitrogens is 1. The second-order valence-electron chi connectivity index (χ2n) is 7.08. The Labute approximate surface area is 179 Å². The molecule has 0 aliphatic carbocycles. The Hall–Kier alpha value is -3.56. The van der Waals surface area contributed by atoms with Gasteiger partial charge in [-0.05, 0) is 31.0 Å². The van der Waals surface area contributed by atoms with Crippen molar-refractivity contribution in [3.8, 4) is 5.75 Å². The molecule has 0 aliphatic heterocycles. The maximum Gasteiger partial charge on any atom is 0.330 e. The van der Waals surface area contributed by atoms with Gasteiger partial charge in [0, 0.05) is 18.7 Å². The van der Waals surface area contributed by atoms with Gasteiger partial charge in [0.2, 0.25) is 5.91 Å². The molecule has 5 N–H and O–H groups in total. The number of rotatable bonds is 11. The van der Waals surface area contributed by atoms with Crippen LogP contribution in [-0.4, -0.2) is 34.5 Å². The molecule has 10 heteroatoms. The fourth-order valence-electron chi connectivity index (χ4n) is 3.02. The van der Waals surface area contributed by atoms with Crippen LogP contribution in [0.15, 0.2) is 33.9 Å². The van der Waals surface area contributed by atoms with Crippen molar-refractivity contribution in [2.75, 3.05) is 23.8 Å². The normalized spacial score (nSPS) is 10.6. The molecule has 2 amide bonds. The minimum Gasteiger partial charge on any atom is -0.484 e. The van der Waals surface area contributed by atoms with Crippen molar-refractivity contribution in [3.63, 3.8) is 0 Å². The minimum absolute atomic E-state index is 0.0534. The van der Waals surface area contributed by atoms with Crippen molar-refractivity contribution < 1.29 is 14.3 Å². The van der Waals surface area contributed by atoms with Gasteiger partial charge in [0.05, 0.1) is 0 Å². The molecule has 1 heterocycles. The summed E-state index contributed by atoms with van der Waals surface area (Å²) in [6.07, 6.45) is 2.92. The Morgan fingerprint density at radius 2 is 1.87 bits per heavy atom. The number of anilines is 2. The summed E-state index contributed by atoms with van der Waals surface area (Å²) in [5.41, 5.74) is 10.3. The predicted octanol–water partition coefficient (Wildman–Crippen LogP) is 1.23. The maximum absolute atomic E-state index is 13.0. The minimum atomic E-state index is -0.726. The Kier molecular flexibility index (Phi) is 8.42. The first kappa shape index (κ1) is 23.7. The highest BCUT2D eigenvalue weighted by Gasteiger charge is 2.24. The van der Waals surface area contributed by atoms with Gasteiger partial charge in [-0.25, -0.2) is 4.79 Å². The molecule has 10 nitrogen and oxygen atoms in total. The van der Waals surface area contributed by atoms with Crippen LogP contribution >= 0.6 is 0 Å². The van der Waals surface area contributed by atoms with Crippen molar-refractivity contribution in [2.24, 2.45) is 5.73 Å². The van der Waals surface area contributed by atoms with Crippen LogP contribution in [0.1, 0.15) is 49.9 Å². The van der Waals surface area contributed by atoms with Gasteiger partial charge < -0.3 is 21.1 Å². The summed E-state index contributed by atoms with van der Waals surface area (Å²) >= 11 is 0. The average Bonchev–Trinajstić information content (AvgIpc) is 2.74. The number of carbonyl (C=O) groups excluding carboxylic acids is 2. The van der Waals surface area contributed by atoms with Gasteiger partial charge in [-0.3, -0.25) is 23.9 Å². The lowest BCUT2D eigenvalue weighted by atomic mass is 10.2. The van der Waals surface area contributed by atoms with Gasteiger partial charge in [-0.1, -0.05) is 32.8 Å². The number of nitrogens with two attached hydrogens (primary N) is 2. The molecule has 0 saturated heterocycles. The zero-order chi connectivity index (χ0) is 23.0. The van der Waals surface area contributed by atoms with Crippen LogP contribution in [0.25, 0.3) is 0 Å². The van der Waals surface area contributed by atoms with Gasteiger partial charge in [0.25, 0.3) is 11.5 Å². The number of benzene rings is 1. The zero-order valence-electron chi connectivity index (χ0n) is 17.8. The number of primary amides is 1. The molecule has 2 rings (SSSR count). The summed E-state index contributed by atoms with van der Waals surface area (Å²) in [5.74, 6) is -0.886. The highest BCUT2D eigenvalue weighted by atomic mass is 16.5. The molecule has 168 valence electrons. The topological polar surface area (TPSA) is 154 Å². The zero-order valence-corrected chi connectivity index (χ0v) is 17.8. The first-order valence-electron chi connectivity index (χ1n) is 10.3. The number of aromatic nitrogens is 2. The number of hydrogen-bond donors (Lipinski definition) is 3. The Morgan fingerprint density at radius 1 is 1.16 bits per heavy atom. The molecule has 0 spiro atoms. The molecule has 1 aromatic heterocycles. The number of hydrogen-bond acceptors (Lipinski definition) is 6. The van der Waals surface area contributed by atoms with Crippen molar-refractivity contribution >= 4 is 23.3 Å². The number of nitrogen functional groups attached to an aromatic ring is 1. The number of ether oxygens (including phenoxy) is 1. The second-order valence-corrected chi connectivity index (χ2v) is 7.08. The lowest BCUT2D eigenvalue weighted by Gasteiger charge is -2.24. The number of unbranched alkanes of at least 4 members (excludes halogenated alkanes) is 2. The van der Waals surface area contributed by atoms with E-state index in [2.05, 4.69) is 4.98 Å². The van der Waals surface area contributed by atoms with E-state index in [9.17, 15) is 19.2 Å². The van der Waals surface area contributed by atoms with E-state index in [4.69, 9.17) is 16.2 Å². The SMILES string of the molecule is CCCCN(C(=O)COc1cccc(C(N)=O)c1)c1c(N)n(CCCC)c(=O)[nH]c1=O. The van der Waals surface area contributed by atoms with Crippen LogP contribution in [0.4, 0.5) is 11.5 Å². The van der Waals surface area contributed by atoms with Crippen molar-refractivity contribution in [2.45, 2.75) is 46.1 Å². The fraction of sp³-hybridized carbons (Fsp3) is 0.429. The van der Waals surface area contributed by atoms with Crippen molar-refractivity contribution in [1.82, 2.24) is 9.55 Å². The molecule has 0 unspecified atom stereocenters. The monoisotopic (exact) mass is 431 g/mol. The lowest BCUT2D eigenvalue weighted by molar-refractivity contribution is -0.120. The molecular formula is C21H29N5O5. The molecule has 0 fully saturated rings. The quantitative estimate of drug-likeness (QED) is 0.486. The lowest BCUT2D eigenvalue weighted by Crippen LogP contribution is -2.43. The predicted molar refractivity (Wildman–Crippen MR) is 118 cm³/mol. The number of nitrogens with one attached hydrogen (secondary N) is 1. The van der Waals surface area contributed by atoms with Gasteiger partial charge in [-0.2, -0.15) is 0 Å². The van der Waals surface area contributed by atoms with Crippen molar-refractivity contribution in [1.29, 1.82) is 0 Å². The largest absolute Gasteiger partial charge is 0.484 e. The Bertz CT molecular complexity index is 1040. The van der Waals surface area contributed by atoms with E-state index in [1.54, 1.807) is 12.1 Å². The third kappa shape index (κ3) is 5.97. The maximum atomic E-state index is 13.0. The van der Waals surface area contributed by atoms with E-state index in [0.717, 1.165) is 12.8 Å². The molecular weight excluding hydrogens is 402 g/mol. The molecule has 2 aromatic rings. The van der Waals surface area contributed by atoms with Crippen LogP contribution < -0.4 is 32.4 Å². The van der Waals surface area contributed by atoms with Crippen LogP contribution in [0, 0.1) is 0 Å². The first-order valence-corrected chi connectivity index (χ1v) is 10.3. The number of amides is 2. The summed E-state index contributed by atoms with van der Waals surface area (Å²) in [5, 5.41) is 0. The molecule has 0 atom stereocenters. The molecule has 0 radical (unpaired) electrons. The van der Waals surface area contributed by atoms with E-state index in [0.29, 0.717) is 19.4 Å². The average molecular weight is 431 g/mol. The van der Waals surface area contributed by atoms with E-state index in [1.165, 1.54) is 21.6 Å². The highest BCUT2D eigenvalue weighted by molar-refractivity contribution is 5.96. The third-order valence-corrected chi connectivity index (χ3v) is 4.74. The van der Waals surface area contributed by atoms with Gasteiger partial charge in [0.1, 0.15) is 11.6 Å². The summed E-state index contributed by atoms with van der Waals surface area (Å²) in [7, 11) is 0. The molecule has 0 aliphatic rings. The third-order valence-electron chi connectivity index (χ3n) is 4.74. The van der Waals surface area contributed by atoms with Gasteiger partial charge in [-0.15, -0.1) is 0 Å². The van der Waals surface area contributed by atoms with Crippen LogP contribution in [0.5, 0.6) is 5.75 Å². The van der Waals surface area contributed by atoms with Crippen molar-refractivity contribution in [3.05, 3.63) is 50.7 Å². The molecule has 31 heavy (non-hydrogen) atoms. The summed E-state index contributed by atoms with van der Waals surface area (Å²) < 4.78 is 6.79. The van der Waals surface area contributed by atoms with Crippen LogP contribution in [0.3, 0.4) is 0 Å². The van der Waals surface area contributed by atoms with E-state index in [1.807, 2.05) is 13.8 Å². The van der Waals surface area contributed by atoms with E-state index in [-0.39, 0.29) is 36.0 Å². The smallest absolute Gasteiger partial charge is 0.330 e. The highest BCUT2D eigenvalue weighted by Crippen LogP contribution is 2.19. The van der Waals surface area contributed by atoms with E-state index < -0.39 is 23.1 Å². The van der Waals surface area contributed by atoms with E-state index >= 15 is 0 Å². The molecule has 0 saturated carbocycles. The van der Waals surface area contributed by atoms with Crippen LogP contribution in [0.2, 0.25) is 0 Å². The van der Waals surface area contributed by atoms with Crippen LogP contribution in [-0.2, 0) is 11.3 Å². The number of nitrogens with zero attached hydrogens (tertiary/aromatic N) is 2. The Balaban J connectivity index is 2.34. The molecule has 1 aromatic carbocycles. The number of aromatic amines is 1. The fourth-order valence-corrected chi connectivity index (χ4v) is 3.02. The standard InChI is InChI=1S/C21H29N5O5/c1-3-5-10-25(16(27)13-31-15-9-7-8-14(12-15)19(23)28)17-18(22)26(11-6-4-2)21(30)24-20(17)29/h7-9,12H,3-6,10-11,13,22H2,1-2H3,(H2,23,28)(H,24,29,30). The summed E-state index contributed by atoms with van der Waals surface area (Å²) in [6.45, 7) is 4.09. The summed E-state index contributed by atoms with van der Waals surface area (Å²) in [4.78, 5) is 52.5. The van der Waals surface area contributed by atoms with Gasteiger partial charge in [0.15, 0.2) is 12.3 Å². The Morgan fingerprint density at radius 3 is 2.52 bits per heavy atom. The number of carbonyl (C=O) groups is 2. The second kappa shape index (κ2) is 11.0. The summed E-state index contributed by atoms with van der Waals surface area (Å²) in [6, 6.07) is 6.13. The first-order chi connectivity index (χ1) is 14.8.